The van der Waals surface area contributed by atoms with Crippen LogP contribution in [0.2, 0.25) is 5.02 Å². The van der Waals surface area contributed by atoms with Crippen LogP contribution in [0.5, 0.6) is 5.75 Å². The Morgan fingerprint density at radius 3 is 2.53 bits per heavy atom. The molecule has 168 valence electrons. The van der Waals surface area contributed by atoms with Gasteiger partial charge in [0.05, 0.1) is 32.8 Å². The quantitative estimate of drug-likeness (QED) is 0.551. The first-order valence-corrected chi connectivity index (χ1v) is 12.0. The first kappa shape index (κ1) is 22.4. The zero-order valence-electron chi connectivity index (χ0n) is 16.9. The first-order valence-electron chi connectivity index (χ1n) is 10.2. The Morgan fingerprint density at radius 2 is 1.94 bits per heavy atom. The Morgan fingerprint density at radius 1 is 1.19 bits per heavy atom. The van der Waals surface area contributed by atoms with Gasteiger partial charge in [-0.15, -0.1) is 0 Å². The number of nitrogens with zero attached hydrogens (tertiary/aromatic N) is 1. The maximum atomic E-state index is 13.3. The molecule has 0 unspecified atom stereocenters. The van der Waals surface area contributed by atoms with E-state index >= 15 is 0 Å². The minimum absolute atomic E-state index is 0.0230. The van der Waals surface area contributed by atoms with Crippen molar-refractivity contribution in [2.75, 3.05) is 4.72 Å². The number of halogens is 1. The third kappa shape index (κ3) is 4.67. The molecular formula is C22H21ClN2O6S. The van der Waals surface area contributed by atoms with Crippen molar-refractivity contribution in [3.8, 4) is 11.8 Å². The second-order valence-electron chi connectivity index (χ2n) is 8.08. The van der Waals surface area contributed by atoms with E-state index in [0.717, 1.165) is 18.9 Å². The van der Waals surface area contributed by atoms with Crippen LogP contribution in [0.3, 0.4) is 0 Å². The van der Waals surface area contributed by atoms with Crippen molar-refractivity contribution < 1.29 is 28.2 Å². The van der Waals surface area contributed by atoms with E-state index in [2.05, 4.69) is 4.72 Å². The predicted octanol–water partition coefficient (Wildman–Crippen LogP) is 3.88. The molecule has 2 aromatic rings. The molecule has 2 saturated carbocycles. The molecule has 0 amide bonds. The van der Waals surface area contributed by atoms with Gasteiger partial charge in [-0.3, -0.25) is 4.72 Å². The molecule has 2 aromatic carbocycles. The Hall–Kier alpha value is -2.80. The van der Waals surface area contributed by atoms with E-state index in [1.54, 1.807) is 0 Å². The highest BCUT2D eigenvalue weighted by Gasteiger charge is 2.32. The van der Waals surface area contributed by atoms with Crippen molar-refractivity contribution in [2.24, 2.45) is 0 Å². The van der Waals surface area contributed by atoms with E-state index in [9.17, 15) is 28.7 Å². The Bertz CT molecular complexity index is 1220. The van der Waals surface area contributed by atoms with E-state index in [4.69, 9.17) is 16.3 Å². The maximum Gasteiger partial charge on any atom is 0.335 e. The summed E-state index contributed by atoms with van der Waals surface area (Å²) in [4.78, 5) is 11.3. The van der Waals surface area contributed by atoms with E-state index in [1.807, 2.05) is 6.07 Å². The van der Waals surface area contributed by atoms with Crippen molar-refractivity contribution in [3.05, 3.63) is 52.0 Å². The zero-order valence-corrected chi connectivity index (χ0v) is 18.5. The number of carboxylic acids is 1. The number of benzene rings is 2. The van der Waals surface area contributed by atoms with Gasteiger partial charge in [0, 0.05) is 12.5 Å². The average Bonchev–Trinajstić information content (AvgIpc) is 3.51. The summed E-state index contributed by atoms with van der Waals surface area (Å²) in [5.74, 6) is -1.04. The molecule has 0 saturated heterocycles. The number of aliphatic hydroxyl groups excluding tert-OH is 1. The Balaban J connectivity index is 1.73. The summed E-state index contributed by atoms with van der Waals surface area (Å²) in [6.07, 6.45) is 2.40. The molecule has 0 bridgehead atoms. The van der Waals surface area contributed by atoms with Crippen LogP contribution in [-0.4, -0.2) is 36.8 Å². The third-order valence-corrected chi connectivity index (χ3v) is 7.39. The van der Waals surface area contributed by atoms with Crippen LogP contribution in [0.4, 0.5) is 5.69 Å². The van der Waals surface area contributed by atoms with Gasteiger partial charge in [0.2, 0.25) is 0 Å². The standard InChI is InChI=1S/C22H21ClN2O6S/c23-18-10-20(31-16-5-4-15(26)9-16)19(7-14(18)11-24)25-32(29,30)21-8-13(22(27)28)3-6-17(21)12-1-2-12/h3,6-8,10,12,15-16,25-26H,1-2,4-5,9H2,(H,27,28)/t15-,16+/m1/s1. The van der Waals surface area contributed by atoms with Crippen LogP contribution < -0.4 is 9.46 Å². The number of rotatable bonds is 7. The fourth-order valence-corrected chi connectivity index (χ4v) is 5.44. The fourth-order valence-electron chi connectivity index (χ4n) is 3.85. The topological polar surface area (TPSA) is 137 Å². The van der Waals surface area contributed by atoms with Crippen molar-refractivity contribution in [1.29, 1.82) is 5.26 Å². The lowest BCUT2D eigenvalue weighted by atomic mass is 10.1. The number of hydrogen-bond acceptors (Lipinski definition) is 6. The molecule has 2 aliphatic carbocycles. The summed E-state index contributed by atoms with van der Waals surface area (Å²) in [5.41, 5.74) is 0.498. The fraction of sp³-hybridized carbons (Fsp3) is 0.364. The molecule has 0 aromatic heterocycles. The smallest absolute Gasteiger partial charge is 0.335 e. The van der Waals surface area contributed by atoms with E-state index in [-0.39, 0.29) is 44.5 Å². The summed E-state index contributed by atoms with van der Waals surface area (Å²) < 4.78 is 35.1. The van der Waals surface area contributed by atoms with Crippen LogP contribution in [0.1, 0.15) is 59.5 Å². The number of aromatic carboxylic acids is 1. The van der Waals surface area contributed by atoms with Gasteiger partial charge < -0.3 is 14.9 Å². The highest BCUT2D eigenvalue weighted by atomic mass is 35.5. The van der Waals surface area contributed by atoms with Gasteiger partial charge in [-0.05, 0) is 55.4 Å². The molecule has 4 rings (SSSR count). The van der Waals surface area contributed by atoms with Gasteiger partial charge >= 0.3 is 5.97 Å². The first-order chi connectivity index (χ1) is 15.2. The number of nitriles is 1. The highest BCUT2D eigenvalue weighted by Crippen LogP contribution is 2.44. The molecule has 10 heteroatoms. The molecule has 0 radical (unpaired) electrons. The predicted molar refractivity (Wildman–Crippen MR) is 117 cm³/mol. The van der Waals surface area contributed by atoms with E-state index < -0.39 is 22.1 Å². The summed E-state index contributed by atoms with van der Waals surface area (Å²) in [6.45, 7) is 0. The average molecular weight is 477 g/mol. The minimum atomic E-state index is -4.20. The van der Waals surface area contributed by atoms with Crippen LogP contribution in [-0.2, 0) is 10.0 Å². The lowest BCUT2D eigenvalue weighted by molar-refractivity contribution is 0.0696. The van der Waals surface area contributed by atoms with Crippen molar-refractivity contribution in [2.45, 2.75) is 55.1 Å². The van der Waals surface area contributed by atoms with Gasteiger partial charge in [-0.25, -0.2) is 13.2 Å². The monoisotopic (exact) mass is 476 g/mol. The van der Waals surface area contributed by atoms with Crippen LogP contribution in [0, 0.1) is 11.3 Å². The number of sulfonamides is 1. The number of nitrogens with one attached hydrogen (secondary N) is 1. The normalized spacial score (nSPS) is 20.5. The van der Waals surface area contributed by atoms with Gasteiger partial charge in [-0.2, -0.15) is 5.26 Å². The van der Waals surface area contributed by atoms with Crippen molar-refractivity contribution in [3.63, 3.8) is 0 Å². The van der Waals surface area contributed by atoms with Gasteiger partial charge in [0.15, 0.2) is 0 Å². The number of aliphatic hydroxyl groups is 1. The number of carboxylic acid groups (broad SMARTS) is 1. The SMILES string of the molecule is N#Cc1cc(NS(=O)(=O)c2cc(C(=O)O)ccc2C2CC2)c(O[C@H]2CC[C@@H](O)C2)cc1Cl. The largest absolute Gasteiger partial charge is 0.488 e. The van der Waals surface area contributed by atoms with Gasteiger partial charge in [0.1, 0.15) is 17.9 Å². The summed E-state index contributed by atoms with van der Waals surface area (Å²) in [7, 11) is -4.20. The Kier molecular flexibility index (Phi) is 6.03. The van der Waals surface area contributed by atoms with Gasteiger partial charge in [-0.1, -0.05) is 17.7 Å². The number of anilines is 1. The molecule has 0 spiro atoms. The molecule has 2 aliphatic rings. The summed E-state index contributed by atoms with van der Waals surface area (Å²) in [6, 6.07) is 8.65. The molecule has 32 heavy (non-hydrogen) atoms. The molecule has 0 heterocycles. The van der Waals surface area contributed by atoms with E-state index in [0.29, 0.717) is 24.8 Å². The summed E-state index contributed by atoms with van der Waals surface area (Å²) in [5, 5.41) is 28.5. The van der Waals surface area contributed by atoms with Gasteiger partial charge in [0.25, 0.3) is 10.0 Å². The maximum absolute atomic E-state index is 13.3. The number of carbonyl (C=O) groups is 1. The second-order valence-corrected chi connectivity index (χ2v) is 10.1. The molecular weight excluding hydrogens is 456 g/mol. The van der Waals surface area contributed by atoms with Crippen LogP contribution in [0.25, 0.3) is 0 Å². The molecule has 2 atom stereocenters. The lowest BCUT2D eigenvalue weighted by Crippen LogP contribution is -2.19. The number of hydrogen-bond donors (Lipinski definition) is 3. The molecule has 2 fully saturated rings. The third-order valence-electron chi connectivity index (χ3n) is 5.65. The zero-order chi connectivity index (χ0) is 23.0. The lowest BCUT2D eigenvalue weighted by Gasteiger charge is -2.19. The second kappa shape index (κ2) is 8.62. The van der Waals surface area contributed by atoms with Crippen LogP contribution in [0.15, 0.2) is 35.2 Å². The summed E-state index contributed by atoms with van der Waals surface area (Å²) >= 11 is 6.14. The van der Waals surface area contributed by atoms with E-state index in [1.165, 1.54) is 24.3 Å². The van der Waals surface area contributed by atoms with Crippen molar-refractivity contribution in [1.82, 2.24) is 0 Å². The highest BCUT2D eigenvalue weighted by molar-refractivity contribution is 7.92. The molecule has 0 aliphatic heterocycles. The van der Waals surface area contributed by atoms with Crippen LogP contribution >= 0.6 is 11.6 Å². The molecule has 8 nitrogen and oxygen atoms in total. The minimum Gasteiger partial charge on any atom is -0.488 e. The Labute approximate surface area is 190 Å². The van der Waals surface area contributed by atoms with Crippen molar-refractivity contribution >= 4 is 33.3 Å². The number of ether oxygens (including phenoxy) is 1. The molecule has 3 N–H and O–H groups in total.